The number of amides is 4. The van der Waals surface area contributed by atoms with Crippen molar-refractivity contribution in [1.82, 2.24) is 20.5 Å². The van der Waals surface area contributed by atoms with Crippen molar-refractivity contribution in [2.75, 3.05) is 13.7 Å². The zero-order valence-electron chi connectivity index (χ0n) is 17.3. The van der Waals surface area contributed by atoms with Crippen LogP contribution in [-0.4, -0.2) is 41.4 Å². The quantitative estimate of drug-likeness (QED) is 0.608. The van der Waals surface area contributed by atoms with Crippen molar-refractivity contribution in [2.45, 2.75) is 12.1 Å². The number of hydrogen-bond donors (Lipinski definition) is 2. The van der Waals surface area contributed by atoms with E-state index in [1.165, 1.54) is 0 Å². The maximum atomic E-state index is 13.1. The predicted molar refractivity (Wildman–Crippen MR) is 116 cm³/mol. The Bertz CT molecular complexity index is 1230. The lowest BCUT2D eigenvalue weighted by Gasteiger charge is -2.31. The van der Waals surface area contributed by atoms with Gasteiger partial charge in [-0.1, -0.05) is 30.3 Å². The molecule has 0 spiro atoms. The van der Waals surface area contributed by atoms with Crippen LogP contribution in [-0.2, 0) is 16.9 Å². The molecule has 8 nitrogen and oxygen atoms in total. The number of carbonyl (C=O) groups is 3. The summed E-state index contributed by atoms with van der Waals surface area (Å²) in [7, 11) is 1.54. The highest BCUT2D eigenvalue weighted by Crippen LogP contribution is 2.33. The molecular weight excluding hydrogens is 408 g/mol. The number of carbonyl (C=O) groups excluding carboxylic acids is 3. The summed E-state index contributed by atoms with van der Waals surface area (Å²) in [6, 6.07) is 15.9. The largest absolute Gasteiger partial charge is 0.497 e. The molecule has 2 aromatic carbocycles. The molecule has 0 aliphatic carbocycles. The van der Waals surface area contributed by atoms with E-state index in [0.29, 0.717) is 23.4 Å². The topological polar surface area (TPSA) is 101 Å². The lowest BCUT2D eigenvalue weighted by atomic mass is 9.88. The van der Waals surface area contributed by atoms with Gasteiger partial charge in [-0.15, -0.1) is 0 Å². The Balaban J connectivity index is 1.48. The molecule has 0 radical (unpaired) electrons. The van der Waals surface area contributed by atoms with Gasteiger partial charge in [0, 0.05) is 24.5 Å². The highest BCUT2D eigenvalue weighted by Gasteiger charge is 2.50. The third-order valence-electron chi connectivity index (χ3n) is 5.96. The fourth-order valence-corrected chi connectivity index (χ4v) is 4.27. The average Bonchev–Trinajstić information content (AvgIpc) is 3.29. The van der Waals surface area contributed by atoms with Crippen molar-refractivity contribution < 1.29 is 19.1 Å². The number of nitrogens with zero attached hydrogens (tertiary/aromatic N) is 2. The standard InChI is InChI=1S/C24H20N4O4/c1-32-19-7-4-17-13-28(21(29)20(17)12-19)14-24(22(30)26-23(31)27-24)18-5-2-15(3-6-18)16-8-10-25-11-9-16/h2-12H,13-14H2,1H3,(H2,26,27,30,31)/t24-/m0/s1. The summed E-state index contributed by atoms with van der Waals surface area (Å²) in [4.78, 5) is 43.8. The summed E-state index contributed by atoms with van der Waals surface area (Å²) in [6.45, 7) is 0.354. The number of methoxy groups -OCH3 is 1. The summed E-state index contributed by atoms with van der Waals surface area (Å²) in [5, 5.41) is 5.09. The molecule has 2 aliphatic rings. The van der Waals surface area contributed by atoms with E-state index in [-0.39, 0.29) is 12.5 Å². The number of aromatic nitrogens is 1. The van der Waals surface area contributed by atoms with E-state index in [1.807, 2.05) is 30.3 Å². The van der Waals surface area contributed by atoms with Crippen LogP contribution in [0.4, 0.5) is 4.79 Å². The first-order chi connectivity index (χ1) is 15.5. The number of ether oxygens (including phenoxy) is 1. The minimum Gasteiger partial charge on any atom is -0.497 e. The summed E-state index contributed by atoms with van der Waals surface area (Å²) < 4.78 is 5.23. The van der Waals surface area contributed by atoms with Gasteiger partial charge in [0.05, 0.1) is 13.7 Å². The third-order valence-corrected chi connectivity index (χ3v) is 5.96. The summed E-state index contributed by atoms with van der Waals surface area (Å²) in [5.74, 6) is -0.103. The molecule has 160 valence electrons. The molecule has 32 heavy (non-hydrogen) atoms. The molecular formula is C24H20N4O4. The Hall–Kier alpha value is -4.20. The van der Waals surface area contributed by atoms with Gasteiger partial charge in [-0.3, -0.25) is 19.9 Å². The van der Waals surface area contributed by atoms with Gasteiger partial charge >= 0.3 is 6.03 Å². The van der Waals surface area contributed by atoms with Crippen molar-refractivity contribution in [1.29, 1.82) is 0 Å². The first kappa shape index (κ1) is 19.7. The number of imide groups is 1. The van der Waals surface area contributed by atoms with Crippen LogP contribution in [0.2, 0.25) is 0 Å². The van der Waals surface area contributed by atoms with E-state index in [0.717, 1.165) is 16.7 Å². The summed E-state index contributed by atoms with van der Waals surface area (Å²) in [6.07, 6.45) is 3.42. The summed E-state index contributed by atoms with van der Waals surface area (Å²) in [5.41, 5.74) is 2.55. The molecule has 1 aromatic heterocycles. The first-order valence-corrected chi connectivity index (χ1v) is 10.1. The zero-order valence-corrected chi connectivity index (χ0v) is 17.3. The number of pyridine rings is 1. The molecule has 3 aromatic rings. The smallest absolute Gasteiger partial charge is 0.322 e. The lowest BCUT2D eigenvalue weighted by molar-refractivity contribution is -0.124. The number of benzene rings is 2. The molecule has 0 bridgehead atoms. The molecule has 8 heteroatoms. The van der Waals surface area contributed by atoms with Crippen LogP contribution in [0, 0.1) is 0 Å². The normalized spacial score (nSPS) is 19.5. The Morgan fingerprint density at radius 1 is 1.00 bits per heavy atom. The van der Waals surface area contributed by atoms with E-state index in [1.54, 1.807) is 48.7 Å². The lowest BCUT2D eigenvalue weighted by Crippen LogP contribution is -2.52. The van der Waals surface area contributed by atoms with Gasteiger partial charge < -0.3 is 15.0 Å². The van der Waals surface area contributed by atoms with Crippen LogP contribution in [0.15, 0.2) is 67.0 Å². The van der Waals surface area contributed by atoms with Crippen LogP contribution < -0.4 is 15.4 Å². The second-order valence-corrected chi connectivity index (χ2v) is 7.81. The van der Waals surface area contributed by atoms with Gasteiger partial charge in [-0.2, -0.15) is 0 Å². The number of nitrogens with one attached hydrogen (secondary N) is 2. The van der Waals surface area contributed by atoms with Crippen molar-refractivity contribution in [3.63, 3.8) is 0 Å². The van der Waals surface area contributed by atoms with Crippen molar-refractivity contribution >= 4 is 17.8 Å². The Kier molecular flexibility index (Phi) is 4.62. The average molecular weight is 428 g/mol. The van der Waals surface area contributed by atoms with Crippen molar-refractivity contribution in [3.8, 4) is 16.9 Å². The molecule has 2 aliphatic heterocycles. The molecule has 3 heterocycles. The minimum absolute atomic E-state index is 0.00893. The van der Waals surface area contributed by atoms with E-state index < -0.39 is 17.5 Å². The highest BCUT2D eigenvalue weighted by molar-refractivity contribution is 6.08. The molecule has 5 rings (SSSR count). The van der Waals surface area contributed by atoms with Gasteiger partial charge in [-0.25, -0.2) is 4.79 Å². The summed E-state index contributed by atoms with van der Waals surface area (Å²) >= 11 is 0. The van der Waals surface area contributed by atoms with Crippen LogP contribution in [0.1, 0.15) is 21.5 Å². The first-order valence-electron chi connectivity index (χ1n) is 10.1. The molecule has 1 atom stereocenters. The maximum absolute atomic E-state index is 13.1. The van der Waals surface area contributed by atoms with Gasteiger partial charge in [0.1, 0.15) is 5.75 Å². The Morgan fingerprint density at radius 3 is 2.38 bits per heavy atom. The van der Waals surface area contributed by atoms with Gasteiger partial charge in [-0.05, 0) is 46.5 Å². The number of hydrogen-bond acceptors (Lipinski definition) is 5. The van der Waals surface area contributed by atoms with Crippen LogP contribution in [0.3, 0.4) is 0 Å². The Morgan fingerprint density at radius 2 is 1.72 bits per heavy atom. The second kappa shape index (κ2) is 7.49. The maximum Gasteiger partial charge on any atom is 0.322 e. The molecule has 2 N–H and O–H groups in total. The molecule has 1 fully saturated rings. The van der Waals surface area contributed by atoms with E-state index in [2.05, 4.69) is 15.6 Å². The highest BCUT2D eigenvalue weighted by atomic mass is 16.5. The van der Waals surface area contributed by atoms with Crippen LogP contribution >= 0.6 is 0 Å². The van der Waals surface area contributed by atoms with Gasteiger partial charge in [0.25, 0.3) is 11.8 Å². The fourth-order valence-electron chi connectivity index (χ4n) is 4.27. The molecule has 4 amide bonds. The number of urea groups is 1. The zero-order chi connectivity index (χ0) is 22.3. The van der Waals surface area contributed by atoms with E-state index in [9.17, 15) is 14.4 Å². The van der Waals surface area contributed by atoms with Gasteiger partial charge in [0.15, 0.2) is 5.54 Å². The van der Waals surface area contributed by atoms with Crippen molar-refractivity contribution in [2.24, 2.45) is 0 Å². The van der Waals surface area contributed by atoms with Crippen LogP contribution in [0.25, 0.3) is 11.1 Å². The SMILES string of the molecule is COc1ccc2c(c1)C(=O)N(C[C@@]1(c3ccc(-c4ccncc4)cc3)NC(=O)NC1=O)C2. The number of rotatable bonds is 5. The molecule has 0 saturated carbocycles. The monoisotopic (exact) mass is 428 g/mol. The van der Waals surface area contributed by atoms with Gasteiger partial charge in [0.2, 0.25) is 0 Å². The predicted octanol–water partition coefficient (Wildman–Crippen LogP) is 2.45. The second-order valence-electron chi connectivity index (χ2n) is 7.81. The van der Waals surface area contributed by atoms with E-state index >= 15 is 0 Å². The minimum atomic E-state index is -1.38. The molecule has 0 unspecified atom stereocenters. The fraction of sp³-hybridized carbons (Fsp3) is 0.167. The number of fused-ring (bicyclic) bond motifs is 1. The molecule has 1 saturated heterocycles. The van der Waals surface area contributed by atoms with Crippen LogP contribution in [0.5, 0.6) is 5.75 Å². The van der Waals surface area contributed by atoms with Crippen molar-refractivity contribution in [3.05, 3.63) is 83.7 Å². The third kappa shape index (κ3) is 3.17. The van der Waals surface area contributed by atoms with E-state index in [4.69, 9.17) is 4.74 Å². The Labute approximate surface area is 184 Å².